The second kappa shape index (κ2) is 8.14. The molecule has 1 heterocycles. The molecule has 0 saturated heterocycles. The number of nitrogens with zero attached hydrogens (tertiary/aromatic N) is 1. The molecular weight excluding hydrogens is 384 g/mol. The smallest absolute Gasteiger partial charge is 0.291 e. The molecular formula is C20H17ClN2O5. The van der Waals surface area contributed by atoms with Crippen LogP contribution < -0.4 is 10.1 Å². The number of benzene rings is 2. The second-order valence-electron chi connectivity index (χ2n) is 6.13. The molecule has 0 aliphatic carbocycles. The standard InChI is InChI=1S/C20H17ClN2O5/c1-12-4-3-5-17(13(12)2)22-20(24)18-9-7-15(28-18)11-27-19-10-14(23(25)26)6-8-16(19)21/h3-10H,11H2,1-2H3,(H,22,24). The number of carbonyl (C=O) groups excluding carboxylic acids is 1. The van der Waals surface area contributed by atoms with Crippen molar-refractivity contribution >= 4 is 28.9 Å². The van der Waals surface area contributed by atoms with Crippen LogP contribution in [0.1, 0.15) is 27.4 Å². The third-order valence-corrected chi connectivity index (χ3v) is 4.55. The van der Waals surface area contributed by atoms with Crippen molar-refractivity contribution in [3.8, 4) is 5.75 Å². The van der Waals surface area contributed by atoms with Crippen molar-refractivity contribution in [2.75, 3.05) is 5.32 Å². The zero-order valence-electron chi connectivity index (χ0n) is 15.2. The lowest BCUT2D eigenvalue weighted by Gasteiger charge is -2.09. The summed E-state index contributed by atoms with van der Waals surface area (Å²) in [6.45, 7) is 3.86. The van der Waals surface area contributed by atoms with Gasteiger partial charge in [0.2, 0.25) is 0 Å². The van der Waals surface area contributed by atoms with Crippen LogP contribution >= 0.6 is 11.6 Å². The van der Waals surface area contributed by atoms with Crippen LogP contribution in [-0.2, 0) is 6.61 Å². The minimum Gasteiger partial charge on any atom is -0.484 e. The normalized spacial score (nSPS) is 10.5. The number of carbonyl (C=O) groups is 1. The number of hydrogen-bond acceptors (Lipinski definition) is 5. The molecule has 2 aromatic carbocycles. The number of halogens is 1. The van der Waals surface area contributed by atoms with E-state index in [1.165, 1.54) is 24.3 Å². The Morgan fingerprint density at radius 2 is 2.00 bits per heavy atom. The van der Waals surface area contributed by atoms with Crippen molar-refractivity contribution in [1.29, 1.82) is 0 Å². The number of aryl methyl sites for hydroxylation is 1. The average molecular weight is 401 g/mol. The number of amides is 1. The molecule has 3 rings (SSSR count). The van der Waals surface area contributed by atoms with E-state index in [0.29, 0.717) is 11.4 Å². The van der Waals surface area contributed by atoms with Crippen molar-refractivity contribution in [2.24, 2.45) is 0 Å². The minimum absolute atomic E-state index is 0.0301. The van der Waals surface area contributed by atoms with Gasteiger partial charge in [-0.1, -0.05) is 23.7 Å². The Bertz CT molecular complexity index is 1040. The summed E-state index contributed by atoms with van der Waals surface area (Å²) >= 11 is 6.00. The first kappa shape index (κ1) is 19.4. The average Bonchev–Trinajstić information content (AvgIpc) is 3.14. The van der Waals surface area contributed by atoms with Crippen molar-refractivity contribution in [1.82, 2.24) is 0 Å². The number of hydrogen-bond donors (Lipinski definition) is 1. The highest BCUT2D eigenvalue weighted by Gasteiger charge is 2.15. The SMILES string of the molecule is Cc1cccc(NC(=O)c2ccc(COc3cc([N+](=O)[O-])ccc3Cl)o2)c1C. The molecule has 0 aliphatic rings. The van der Waals surface area contributed by atoms with E-state index in [0.717, 1.165) is 11.1 Å². The molecule has 7 nitrogen and oxygen atoms in total. The molecule has 0 saturated carbocycles. The fourth-order valence-electron chi connectivity index (χ4n) is 2.51. The molecule has 8 heteroatoms. The topological polar surface area (TPSA) is 94.6 Å². The Morgan fingerprint density at radius 3 is 2.75 bits per heavy atom. The Labute approximate surface area is 166 Å². The summed E-state index contributed by atoms with van der Waals surface area (Å²) in [6, 6.07) is 12.7. The summed E-state index contributed by atoms with van der Waals surface area (Å²) in [7, 11) is 0. The van der Waals surface area contributed by atoms with E-state index >= 15 is 0 Å². The van der Waals surface area contributed by atoms with E-state index in [2.05, 4.69) is 5.32 Å². The third-order valence-electron chi connectivity index (χ3n) is 4.23. The highest BCUT2D eigenvalue weighted by atomic mass is 35.5. The van der Waals surface area contributed by atoms with Gasteiger partial charge in [-0.2, -0.15) is 0 Å². The lowest BCUT2D eigenvalue weighted by Crippen LogP contribution is -2.12. The fourth-order valence-corrected chi connectivity index (χ4v) is 2.69. The molecule has 144 valence electrons. The van der Waals surface area contributed by atoms with Crippen LogP contribution in [0.4, 0.5) is 11.4 Å². The van der Waals surface area contributed by atoms with Crippen LogP contribution in [0.2, 0.25) is 5.02 Å². The van der Waals surface area contributed by atoms with E-state index in [9.17, 15) is 14.9 Å². The predicted octanol–water partition coefficient (Wildman–Crippen LogP) is 5.29. The van der Waals surface area contributed by atoms with Crippen LogP contribution in [0.15, 0.2) is 52.9 Å². The van der Waals surface area contributed by atoms with Crippen LogP contribution in [0.3, 0.4) is 0 Å². The first-order valence-corrected chi connectivity index (χ1v) is 8.76. The number of nitro groups is 1. The molecule has 0 fully saturated rings. The molecule has 1 aromatic heterocycles. The number of nitrogens with one attached hydrogen (secondary N) is 1. The summed E-state index contributed by atoms with van der Waals surface area (Å²) in [5.74, 6) is 0.292. The summed E-state index contributed by atoms with van der Waals surface area (Å²) in [4.78, 5) is 22.7. The van der Waals surface area contributed by atoms with E-state index in [4.69, 9.17) is 20.8 Å². The van der Waals surface area contributed by atoms with Gasteiger partial charge in [0, 0.05) is 11.8 Å². The quantitative estimate of drug-likeness (QED) is 0.448. The van der Waals surface area contributed by atoms with E-state index < -0.39 is 4.92 Å². The first-order valence-electron chi connectivity index (χ1n) is 8.38. The van der Waals surface area contributed by atoms with E-state index in [1.54, 1.807) is 6.07 Å². The van der Waals surface area contributed by atoms with Gasteiger partial charge in [0.1, 0.15) is 18.1 Å². The maximum atomic E-state index is 12.4. The molecule has 0 atom stereocenters. The Balaban J connectivity index is 1.67. The van der Waals surface area contributed by atoms with Gasteiger partial charge in [0.15, 0.2) is 5.76 Å². The molecule has 28 heavy (non-hydrogen) atoms. The van der Waals surface area contributed by atoms with Gasteiger partial charge >= 0.3 is 0 Å². The monoisotopic (exact) mass is 400 g/mol. The van der Waals surface area contributed by atoms with E-state index in [1.807, 2.05) is 32.0 Å². The van der Waals surface area contributed by atoms with Crippen molar-refractivity contribution in [3.05, 3.63) is 86.3 Å². The third kappa shape index (κ3) is 4.32. The Kier molecular flexibility index (Phi) is 5.65. The summed E-state index contributed by atoms with van der Waals surface area (Å²) < 4.78 is 11.0. The molecule has 3 aromatic rings. The summed E-state index contributed by atoms with van der Waals surface area (Å²) in [6.07, 6.45) is 0. The molecule has 0 aliphatic heterocycles. The first-order chi connectivity index (χ1) is 13.3. The van der Waals surface area contributed by atoms with Gasteiger partial charge in [-0.05, 0) is 49.2 Å². The predicted molar refractivity (Wildman–Crippen MR) is 105 cm³/mol. The molecule has 0 spiro atoms. The summed E-state index contributed by atoms with van der Waals surface area (Å²) in [5, 5.41) is 13.9. The number of rotatable bonds is 6. The van der Waals surface area contributed by atoms with Crippen molar-refractivity contribution in [3.63, 3.8) is 0 Å². The van der Waals surface area contributed by atoms with Crippen molar-refractivity contribution in [2.45, 2.75) is 20.5 Å². The molecule has 1 amide bonds. The van der Waals surface area contributed by atoms with Crippen molar-refractivity contribution < 1.29 is 18.9 Å². The zero-order valence-corrected chi connectivity index (χ0v) is 15.9. The second-order valence-corrected chi connectivity index (χ2v) is 6.54. The number of non-ortho nitro benzene ring substituents is 1. The Hall–Kier alpha value is -3.32. The zero-order chi connectivity index (χ0) is 20.3. The largest absolute Gasteiger partial charge is 0.484 e. The molecule has 0 unspecified atom stereocenters. The summed E-state index contributed by atoms with van der Waals surface area (Å²) in [5.41, 5.74) is 2.63. The highest BCUT2D eigenvalue weighted by molar-refractivity contribution is 6.32. The van der Waals surface area contributed by atoms with Gasteiger partial charge in [0.05, 0.1) is 16.0 Å². The molecule has 1 N–H and O–H groups in total. The molecule has 0 radical (unpaired) electrons. The lowest BCUT2D eigenvalue weighted by molar-refractivity contribution is -0.384. The number of ether oxygens (including phenoxy) is 1. The minimum atomic E-state index is -0.536. The highest BCUT2D eigenvalue weighted by Crippen LogP contribution is 2.29. The van der Waals surface area contributed by atoms with Crippen LogP contribution in [0.5, 0.6) is 5.75 Å². The van der Waals surface area contributed by atoms with Crippen LogP contribution in [0.25, 0.3) is 0 Å². The van der Waals surface area contributed by atoms with E-state index in [-0.39, 0.29) is 34.7 Å². The number of furan rings is 1. The lowest BCUT2D eigenvalue weighted by atomic mass is 10.1. The molecule has 0 bridgehead atoms. The number of nitro benzene ring substituents is 1. The Morgan fingerprint density at radius 1 is 1.21 bits per heavy atom. The van der Waals surface area contributed by atoms with Gasteiger partial charge in [-0.25, -0.2) is 0 Å². The van der Waals surface area contributed by atoms with Crippen LogP contribution in [0, 0.1) is 24.0 Å². The van der Waals surface area contributed by atoms with Gasteiger partial charge in [-0.15, -0.1) is 0 Å². The van der Waals surface area contributed by atoms with Crippen LogP contribution in [-0.4, -0.2) is 10.8 Å². The van der Waals surface area contributed by atoms with Gasteiger partial charge in [0.25, 0.3) is 11.6 Å². The maximum Gasteiger partial charge on any atom is 0.291 e. The maximum absolute atomic E-state index is 12.4. The van der Waals surface area contributed by atoms with Gasteiger partial charge in [-0.3, -0.25) is 14.9 Å². The fraction of sp³-hybridized carbons (Fsp3) is 0.150. The number of anilines is 1. The van der Waals surface area contributed by atoms with Gasteiger partial charge < -0.3 is 14.5 Å².